The summed E-state index contributed by atoms with van der Waals surface area (Å²) in [7, 11) is 0. The van der Waals surface area contributed by atoms with E-state index in [2.05, 4.69) is 4.98 Å². The predicted molar refractivity (Wildman–Crippen MR) is 63.7 cm³/mol. The summed E-state index contributed by atoms with van der Waals surface area (Å²) in [5.41, 5.74) is 6.15. The Labute approximate surface area is 98.3 Å². The lowest BCUT2D eigenvalue weighted by molar-refractivity contribution is 0.0692. The molecular weight excluding hydrogens is 224 g/mol. The fourth-order valence-corrected chi connectivity index (χ4v) is 3.15. The third-order valence-corrected chi connectivity index (χ3v) is 4.04. The van der Waals surface area contributed by atoms with E-state index in [0.29, 0.717) is 16.0 Å². The number of carboxylic acids is 1. The van der Waals surface area contributed by atoms with Crippen molar-refractivity contribution in [2.75, 3.05) is 5.73 Å². The number of anilines is 1. The van der Waals surface area contributed by atoms with Crippen LogP contribution in [0.25, 0.3) is 0 Å². The first kappa shape index (κ1) is 11.3. The topological polar surface area (TPSA) is 76.2 Å². The normalized spacial score (nSPS) is 16.5. The zero-order chi connectivity index (χ0) is 11.5. The second kappa shape index (κ2) is 4.74. The highest BCUT2D eigenvalue weighted by Crippen LogP contribution is 2.35. The van der Waals surface area contributed by atoms with E-state index in [1.54, 1.807) is 11.8 Å². The summed E-state index contributed by atoms with van der Waals surface area (Å²) in [5.74, 6) is -0.958. The number of nitrogen functional groups attached to an aromatic ring is 1. The van der Waals surface area contributed by atoms with E-state index in [1.807, 2.05) is 0 Å². The molecule has 0 spiro atoms. The Morgan fingerprint density at radius 3 is 2.81 bits per heavy atom. The fourth-order valence-electron chi connectivity index (χ4n) is 1.88. The van der Waals surface area contributed by atoms with Gasteiger partial charge in [0.2, 0.25) is 0 Å². The first-order valence-electron chi connectivity index (χ1n) is 5.32. The number of rotatable bonds is 3. The Hall–Kier alpha value is -1.23. The quantitative estimate of drug-likeness (QED) is 0.845. The van der Waals surface area contributed by atoms with E-state index in [9.17, 15) is 4.79 Å². The molecule has 0 amide bonds. The first-order valence-corrected chi connectivity index (χ1v) is 6.20. The minimum Gasteiger partial charge on any atom is -0.478 e. The van der Waals surface area contributed by atoms with Gasteiger partial charge < -0.3 is 10.8 Å². The van der Waals surface area contributed by atoms with E-state index in [0.717, 1.165) is 12.8 Å². The number of pyridine rings is 1. The largest absolute Gasteiger partial charge is 0.478 e. The lowest BCUT2D eigenvalue weighted by Crippen LogP contribution is -2.05. The maximum Gasteiger partial charge on any atom is 0.338 e. The zero-order valence-corrected chi connectivity index (χ0v) is 9.67. The van der Waals surface area contributed by atoms with Crippen molar-refractivity contribution in [3.63, 3.8) is 0 Å². The third-order valence-electron chi connectivity index (χ3n) is 2.68. The molecule has 4 nitrogen and oxygen atoms in total. The van der Waals surface area contributed by atoms with E-state index in [-0.39, 0.29) is 5.56 Å². The van der Waals surface area contributed by atoms with Crippen molar-refractivity contribution in [1.82, 2.24) is 4.98 Å². The molecule has 0 saturated heterocycles. The number of hydrogen-bond donors (Lipinski definition) is 2. The van der Waals surface area contributed by atoms with Crippen LogP contribution in [0, 0.1) is 0 Å². The van der Waals surface area contributed by atoms with Crippen molar-refractivity contribution >= 4 is 23.4 Å². The Morgan fingerprint density at radius 2 is 2.19 bits per heavy atom. The molecule has 0 aliphatic heterocycles. The van der Waals surface area contributed by atoms with Crippen molar-refractivity contribution in [3.05, 3.63) is 17.8 Å². The Kier molecular flexibility index (Phi) is 3.33. The van der Waals surface area contributed by atoms with Gasteiger partial charge in [-0.3, -0.25) is 0 Å². The van der Waals surface area contributed by atoms with Crippen LogP contribution in [0.5, 0.6) is 0 Å². The number of thioether (sulfide) groups is 1. The van der Waals surface area contributed by atoms with Crippen molar-refractivity contribution in [1.29, 1.82) is 0 Å². The SMILES string of the molecule is Nc1cnc(SC2CCCC2)c(C(=O)O)c1. The number of hydrogen-bond acceptors (Lipinski definition) is 4. The summed E-state index contributed by atoms with van der Waals surface area (Å²) < 4.78 is 0. The van der Waals surface area contributed by atoms with Gasteiger partial charge >= 0.3 is 5.97 Å². The van der Waals surface area contributed by atoms with E-state index < -0.39 is 5.97 Å². The molecule has 1 saturated carbocycles. The van der Waals surface area contributed by atoms with Gasteiger partial charge in [0, 0.05) is 5.25 Å². The Balaban J connectivity index is 2.21. The van der Waals surface area contributed by atoms with E-state index in [4.69, 9.17) is 10.8 Å². The summed E-state index contributed by atoms with van der Waals surface area (Å²) in [6.07, 6.45) is 6.28. The summed E-state index contributed by atoms with van der Waals surface area (Å²) in [6, 6.07) is 1.48. The molecule has 1 heterocycles. The number of nitrogens with two attached hydrogens (primary N) is 1. The second-order valence-corrected chi connectivity index (χ2v) is 5.24. The van der Waals surface area contributed by atoms with Crippen LogP contribution in [0.2, 0.25) is 0 Å². The molecule has 0 atom stereocenters. The molecule has 86 valence electrons. The van der Waals surface area contributed by atoms with Crippen LogP contribution in [0.1, 0.15) is 36.0 Å². The van der Waals surface area contributed by atoms with Crippen LogP contribution in [0.4, 0.5) is 5.69 Å². The van der Waals surface area contributed by atoms with Gasteiger partial charge in [-0.2, -0.15) is 0 Å². The van der Waals surface area contributed by atoms with Gasteiger partial charge in [0.1, 0.15) is 5.03 Å². The number of nitrogens with zero attached hydrogens (tertiary/aromatic N) is 1. The summed E-state index contributed by atoms with van der Waals surface area (Å²) >= 11 is 1.57. The smallest absolute Gasteiger partial charge is 0.338 e. The zero-order valence-electron chi connectivity index (χ0n) is 8.85. The molecule has 1 aliphatic rings. The minimum absolute atomic E-state index is 0.219. The van der Waals surface area contributed by atoms with Gasteiger partial charge in [0.15, 0.2) is 0 Å². The average Bonchev–Trinajstić information content (AvgIpc) is 2.73. The highest BCUT2D eigenvalue weighted by Gasteiger charge is 2.20. The number of carboxylic acid groups (broad SMARTS) is 1. The highest BCUT2D eigenvalue weighted by molar-refractivity contribution is 7.99. The molecule has 0 unspecified atom stereocenters. The van der Waals surface area contributed by atoms with Crippen LogP contribution in [-0.2, 0) is 0 Å². The van der Waals surface area contributed by atoms with Crippen LogP contribution in [-0.4, -0.2) is 21.3 Å². The summed E-state index contributed by atoms with van der Waals surface area (Å²) in [6.45, 7) is 0. The molecule has 0 aromatic carbocycles. The van der Waals surface area contributed by atoms with Crippen LogP contribution >= 0.6 is 11.8 Å². The third kappa shape index (κ3) is 2.47. The molecule has 16 heavy (non-hydrogen) atoms. The number of aromatic nitrogens is 1. The Bertz CT molecular complexity index is 403. The monoisotopic (exact) mass is 238 g/mol. The van der Waals surface area contributed by atoms with Crippen molar-refractivity contribution in [2.45, 2.75) is 36.0 Å². The number of aromatic carboxylic acids is 1. The van der Waals surface area contributed by atoms with Crippen molar-refractivity contribution in [2.24, 2.45) is 0 Å². The molecular formula is C11H14N2O2S. The molecule has 1 aliphatic carbocycles. The van der Waals surface area contributed by atoms with Gasteiger partial charge in [0.25, 0.3) is 0 Å². The first-order chi connectivity index (χ1) is 7.66. The van der Waals surface area contributed by atoms with Gasteiger partial charge in [-0.05, 0) is 18.9 Å². The standard InChI is InChI=1S/C11H14N2O2S/c12-7-5-9(11(14)15)10(13-6-7)16-8-3-1-2-4-8/h5-6,8H,1-4,12H2,(H,14,15). The number of carbonyl (C=O) groups is 1. The van der Waals surface area contributed by atoms with Crippen LogP contribution in [0.3, 0.4) is 0 Å². The van der Waals surface area contributed by atoms with Crippen molar-refractivity contribution in [3.8, 4) is 0 Å². The van der Waals surface area contributed by atoms with Crippen LogP contribution in [0.15, 0.2) is 17.3 Å². The molecule has 2 rings (SSSR count). The molecule has 5 heteroatoms. The molecule has 0 radical (unpaired) electrons. The second-order valence-electron chi connectivity index (χ2n) is 3.95. The maximum absolute atomic E-state index is 11.0. The molecule has 1 fully saturated rings. The highest BCUT2D eigenvalue weighted by atomic mass is 32.2. The summed E-state index contributed by atoms with van der Waals surface area (Å²) in [5, 5.41) is 10.2. The van der Waals surface area contributed by atoms with E-state index in [1.165, 1.54) is 25.1 Å². The van der Waals surface area contributed by atoms with Gasteiger partial charge in [-0.25, -0.2) is 9.78 Å². The van der Waals surface area contributed by atoms with E-state index >= 15 is 0 Å². The molecule has 3 N–H and O–H groups in total. The molecule has 1 aromatic heterocycles. The van der Waals surface area contributed by atoms with Crippen molar-refractivity contribution < 1.29 is 9.90 Å². The Morgan fingerprint density at radius 1 is 1.50 bits per heavy atom. The fraction of sp³-hybridized carbons (Fsp3) is 0.455. The molecule has 0 bridgehead atoms. The van der Waals surface area contributed by atoms with Gasteiger partial charge in [-0.15, -0.1) is 11.8 Å². The van der Waals surface area contributed by atoms with Gasteiger partial charge in [0.05, 0.1) is 17.4 Å². The lowest BCUT2D eigenvalue weighted by atomic mass is 10.3. The maximum atomic E-state index is 11.0. The average molecular weight is 238 g/mol. The van der Waals surface area contributed by atoms with Gasteiger partial charge in [-0.1, -0.05) is 12.8 Å². The lowest BCUT2D eigenvalue weighted by Gasteiger charge is -2.10. The summed E-state index contributed by atoms with van der Waals surface area (Å²) in [4.78, 5) is 15.2. The minimum atomic E-state index is -0.958. The van der Waals surface area contributed by atoms with Crippen LogP contribution < -0.4 is 5.73 Å². The predicted octanol–water partition coefficient (Wildman–Crippen LogP) is 2.40. The molecule has 1 aromatic rings.